The molecule has 1 aliphatic carbocycles. The predicted molar refractivity (Wildman–Crippen MR) is 60.5 cm³/mol. The Bertz CT molecular complexity index is 238. The van der Waals surface area contributed by atoms with Gasteiger partial charge in [-0.05, 0) is 43.6 Å². The monoisotopic (exact) mass is 210 g/mol. The molecule has 3 heteroatoms. The number of carbonyl (C=O) groups excluding carboxylic acids is 1. The quantitative estimate of drug-likeness (QED) is 0.731. The number of hydrogen-bond donors (Lipinski definition) is 2. The summed E-state index contributed by atoms with van der Waals surface area (Å²) in [4.78, 5) is 11.8. The first-order valence-corrected chi connectivity index (χ1v) is 6.19. The van der Waals surface area contributed by atoms with E-state index in [2.05, 4.69) is 24.5 Å². The van der Waals surface area contributed by atoms with Gasteiger partial charge >= 0.3 is 0 Å². The van der Waals surface area contributed by atoms with E-state index in [1.165, 1.54) is 12.8 Å². The van der Waals surface area contributed by atoms with Crippen molar-refractivity contribution in [1.82, 2.24) is 10.6 Å². The smallest absolute Gasteiger partial charge is 0.237 e. The molecule has 1 amide bonds. The molecule has 0 bridgehead atoms. The first-order valence-electron chi connectivity index (χ1n) is 6.19. The summed E-state index contributed by atoms with van der Waals surface area (Å²) < 4.78 is 0. The van der Waals surface area contributed by atoms with Crippen molar-refractivity contribution < 1.29 is 4.79 Å². The van der Waals surface area contributed by atoms with Crippen LogP contribution in [0, 0.1) is 17.8 Å². The van der Waals surface area contributed by atoms with E-state index in [1.54, 1.807) is 0 Å². The van der Waals surface area contributed by atoms with Crippen molar-refractivity contribution >= 4 is 5.91 Å². The lowest BCUT2D eigenvalue weighted by molar-refractivity contribution is -0.123. The fourth-order valence-corrected chi connectivity index (χ4v) is 2.39. The van der Waals surface area contributed by atoms with E-state index in [4.69, 9.17) is 0 Å². The molecule has 2 N–H and O–H groups in total. The summed E-state index contributed by atoms with van der Waals surface area (Å²) in [5.41, 5.74) is 0. The molecule has 2 rings (SSSR count). The van der Waals surface area contributed by atoms with E-state index >= 15 is 0 Å². The van der Waals surface area contributed by atoms with Gasteiger partial charge in [0.15, 0.2) is 0 Å². The van der Waals surface area contributed by atoms with Crippen LogP contribution in [-0.2, 0) is 4.79 Å². The van der Waals surface area contributed by atoms with Crippen molar-refractivity contribution in [2.24, 2.45) is 17.8 Å². The zero-order valence-electron chi connectivity index (χ0n) is 9.75. The highest BCUT2D eigenvalue weighted by Crippen LogP contribution is 2.36. The molecule has 0 aromatic rings. The van der Waals surface area contributed by atoms with E-state index in [-0.39, 0.29) is 11.9 Å². The number of rotatable bonds is 4. The Morgan fingerprint density at radius 3 is 2.73 bits per heavy atom. The van der Waals surface area contributed by atoms with Gasteiger partial charge in [-0.1, -0.05) is 13.8 Å². The Morgan fingerprint density at radius 2 is 2.20 bits per heavy atom. The molecule has 0 aromatic heterocycles. The zero-order valence-corrected chi connectivity index (χ0v) is 9.75. The zero-order chi connectivity index (χ0) is 10.8. The molecule has 2 aliphatic rings. The van der Waals surface area contributed by atoms with Crippen LogP contribution in [0.15, 0.2) is 0 Å². The lowest BCUT2D eigenvalue weighted by Crippen LogP contribution is -2.44. The van der Waals surface area contributed by atoms with Crippen LogP contribution in [0.1, 0.15) is 33.1 Å². The van der Waals surface area contributed by atoms with Gasteiger partial charge in [0.2, 0.25) is 5.91 Å². The van der Waals surface area contributed by atoms with Crippen LogP contribution in [0.5, 0.6) is 0 Å². The SMILES string of the molecule is CC(CNC(=O)C1NCCC1C)C1CC1. The van der Waals surface area contributed by atoms with Crippen molar-refractivity contribution in [3.8, 4) is 0 Å². The summed E-state index contributed by atoms with van der Waals surface area (Å²) in [6.07, 6.45) is 3.83. The maximum absolute atomic E-state index is 11.8. The molecule has 0 radical (unpaired) electrons. The fourth-order valence-electron chi connectivity index (χ4n) is 2.39. The lowest BCUT2D eigenvalue weighted by Gasteiger charge is -2.17. The van der Waals surface area contributed by atoms with Gasteiger partial charge in [-0.15, -0.1) is 0 Å². The fraction of sp³-hybridized carbons (Fsp3) is 0.917. The van der Waals surface area contributed by atoms with Gasteiger partial charge in [0.1, 0.15) is 0 Å². The van der Waals surface area contributed by atoms with Crippen LogP contribution in [0.2, 0.25) is 0 Å². The van der Waals surface area contributed by atoms with Crippen molar-refractivity contribution in [3.63, 3.8) is 0 Å². The molecule has 15 heavy (non-hydrogen) atoms. The molecular weight excluding hydrogens is 188 g/mol. The Morgan fingerprint density at radius 1 is 1.47 bits per heavy atom. The summed E-state index contributed by atoms with van der Waals surface area (Å²) in [7, 11) is 0. The Kier molecular flexibility index (Phi) is 3.29. The second kappa shape index (κ2) is 4.52. The summed E-state index contributed by atoms with van der Waals surface area (Å²) in [5, 5.41) is 6.34. The van der Waals surface area contributed by atoms with Crippen LogP contribution >= 0.6 is 0 Å². The average Bonchev–Trinajstić information content (AvgIpc) is 2.98. The maximum Gasteiger partial charge on any atom is 0.237 e. The molecule has 1 aliphatic heterocycles. The first kappa shape index (κ1) is 10.9. The third kappa shape index (κ3) is 2.71. The Balaban J connectivity index is 1.71. The van der Waals surface area contributed by atoms with Gasteiger partial charge in [0.25, 0.3) is 0 Å². The number of hydrogen-bond acceptors (Lipinski definition) is 2. The number of carbonyl (C=O) groups is 1. The summed E-state index contributed by atoms with van der Waals surface area (Å²) >= 11 is 0. The Hall–Kier alpha value is -0.570. The second-order valence-electron chi connectivity index (χ2n) is 5.26. The first-order chi connectivity index (χ1) is 7.18. The van der Waals surface area contributed by atoms with Gasteiger partial charge in [0, 0.05) is 6.54 Å². The van der Waals surface area contributed by atoms with Gasteiger partial charge in [0.05, 0.1) is 6.04 Å². The normalized spacial score (nSPS) is 32.7. The van der Waals surface area contributed by atoms with Gasteiger partial charge in [-0.3, -0.25) is 4.79 Å². The van der Waals surface area contributed by atoms with Crippen LogP contribution in [0.4, 0.5) is 0 Å². The lowest BCUT2D eigenvalue weighted by atomic mass is 10.0. The largest absolute Gasteiger partial charge is 0.354 e. The van der Waals surface area contributed by atoms with Crippen LogP contribution in [0.3, 0.4) is 0 Å². The van der Waals surface area contributed by atoms with Crippen LogP contribution in [0.25, 0.3) is 0 Å². The molecule has 1 saturated carbocycles. The Labute approximate surface area is 92.0 Å². The molecule has 0 aromatic carbocycles. The van der Waals surface area contributed by atoms with Crippen molar-refractivity contribution in [2.45, 2.75) is 39.2 Å². The van der Waals surface area contributed by atoms with Gasteiger partial charge < -0.3 is 10.6 Å². The minimum atomic E-state index is 0.0522. The van der Waals surface area contributed by atoms with E-state index < -0.39 is 0 Å². The maximum atomic E-state index is 11.8. The molecule has 1 heterocycles. The van der Waals surface area contributed by atoms with E-state index in [1.807, 2.05) is 0 Å². The van der Waals surface area contributed by atoms with E-state index in [0.717, 1.165) is 25.4 Å². The van der Waals surface area contributed by atoms with Gasteiger partial charge in [-0.25, -0.2) is 0 Å². The van der Waals surface area contributed by atoms with E-state index in [0.29, 0.717) is 11.8 Å². The molecule has 86 valence electrons. The van der Waals surface area contributed by atoms with Crippen LogP contribution in [-0.4, -0.2) is 25.0 Å². The van der Waals surface area contributed by atoms with Crippen molar-refractivity contribution in [3.05, 3.63) is 0 Å². The average molecular weight is 210 g/mol. The third-order valence-corrected chi connectivity index (χ3v) is 3.84. The number of nitrogens with one attached hydrogen (secondary N) is 2. The topological polar surface area (TPSA) is 41.1 Å². The van der Waals surface area contributed by atoms with Gasteiger partial charge in [-0.2, -0.15) is 0 Å². The molecule has 2 fully saturated rings. The molecule has 3 nitrogen and oxygen atoms in total. The summed E-state index contributed by atoms with van der Waals surface area (Å²) in [6, 6.07) is 0.0522. The van der Waals surface area contributed by atoms with Crippen molar-refractivity contribution in [1.29, 1.82) is 0 Å². The molecular formula is C12H22N2O. The second-order valence-corrected chi connectivity index (χ2v) is 5.26. The molecule has 1 saturated heterocycles. The van der Waals surface area contributed by atoms with E-state index in [9.17, 15) is 4.79 Å². The minimum absolute atomic E-state index is 0.0522. The van der Waals surface area contributed by atoms with Crippen LogP contribution < -0.4 is 10.6 Å². The molecule has 3 atom stereocenters. The predicted octanol–water partition coefficient (Wildman–Crippen LogP) is 1.15. The number of amides is 1. The summed E-state index contributed by atoms with van der Waals surface area (Å²) in [6.45, 7) is 6.23. The highest BCUT2D eigenvalue weighted by Gasteiger charge is 2.31. The third-order valence-electron chi connectivity index (χ3n) is 3.84. The standard InChI is InChI=1S/C12H22N2O/c1-8-5-6-13-11(8)12(15)14-7-9(2)10-3-4-10/h8-11,13H,3-7H2,1-2H3,(H,14,15). The van der Waals surface area contributed by atoms with Crippen molar-refractivity contribution in [2.75, 3.05) is 13.1 Å². The summed E-state index contributed by atoms with van der Waals surface area (Å²) in [5.74, 6) is 2.22. The molecule has 0 spiro atoms. The minimum Gasteiger partial charge on any atom is -0.354 e. The highest BCUT2D eigenvalue weighted by atomic mass is 16.2. The highest BCUT2D eigenvalue weighted by molar-refractivity contribution is 5.82. The molecule has 3 unspecified atom stereocenters.